The fourth-order valence-corrected chi connectivity index (χ4v) is 5.72. The standard InChI is InChI=1S/C30H42F2O4/c1-5-6-18-35-20-28(19-33)14-16-29(17-15-28)13-7-8-26(27(29)34)23(4)24-9-11-25(12-10-24)36-21-30(31,32)22(2)3/h9-12,19,23,26H,2,5-8,13-18,20-21H2,1,3-4H3. The first kappa shape index (κ1) is 28.5. The molecule has 200 valence electrons. The van der Waals surface area contributed by atoms with E-state index in [0.29, 0.717) is 37.6 Å². The third-order valence-electron chi connectivity index (χ3n) is 8.57. The second-order valence-corrected chi connectivity index (χ2v) is 11.2. The number of Topliss-reactive ketones (excluding diaryl/α,β-unsaturated/α-hetero) is 1. The molecule has 0 aromatic heterocycles. The Kier molecular flexibility index (Phi) is 9.48. The van der Waals surface area contributed by atoms with Crippen LogP contribution in [0.1, 0.15) is 90.0 Å². The van der Waals surface area contributed by atoms with Crippen molar-refractivity contribution < 1.29 is 27.8 Å². The van der Waals surface area contributed by atoms with Gasteiger partial charge >= 0.3 is 5.92 Å². The Balaban J connectivity index is 1.62. The van der Waals surface area contributed by atoms with Crippen molar-refractivity contribution in [1.82, 2.24) is 0 Å². The van der Waals surface area contributed by atoms with Gasteiger partial charge in [-0.15, -0.1) is 0 Å². The molecule has 1 spiro atoms. The van der Waals surface area contributed by atoms with Crippen LogP contribution in [0.3, 0.4) is 0 Å². The lowest BCUT2D eigenvalue weighted by atomic mass is 9.55. The second-order valence-electron chi connectivity index (χ2n) is 11.2. The van der Waals surface area contributed by atoms with Crippen molar-refractivity contribution in [2.45, 2.75) is 90.4 Å². The van der Waals surface area contributed by atoms with Crippen LogP contribution >= 0.6 is 0 Å². The molecule has 0 radical (unpaired) electrons. The van der Waals surface area contributed by atoms with Crippen molar-refractivity contribution in [3.63, 3.8) is 0 Å². The van der Waals surface area contributed by atoms with Gasteiger partial charge in [0.15, 0.2) is 6.61 Å². The highest BCUT2D eigenvalue weighted by atomic mass is 19.3. The molecule has 4 nitrogen and oxygen atoms in total. The van der Waals surface area contributed by atoms with Gasteiger partial charge in [0.05, 0.1) is 6.61 Å². The van der Waals surface area contributed by atoms with E-state index in [1.54, 1.807) is 12.1 Å². The Morgan fingerprint density at radius 1 is 1.19 bits per heavy atom. The Morgan fingerprint density at radius 3 is 2.44 bits per heavy atom. The average Bonchev–Trinajstić information content (AvgIpc) is 2.88. The molecule has 1 aromatic carbocycles. The number of halogens is 2. The zero-order valence-electron chi connectivity index (χ0n) is 22.1. The van der Waals surface area contributed by atoms with E-state index in [1.165, 1.54) is 6.92 Å². The average molecular weight is 505 g/mol. The van der Waals surface area contributed by atoms with Gasteiger partial charge in [-0.2, -0.15) is 8.78 Å². The summed E-state index contributed by atoms with van der Waals surface area (Å²) in [5, 5.41) is 0. The van der Waals surface area contributed by atoms with Gasteiger partial charge in [-0.05, 0) is 81.1 Å². The molecule has 0 heterocycles. The highest BCUT2D eigenvalue weighted by Crippen LogP contribution is 2.53. The molecule has 2 unspecified atom stereocenters. The van der Waals surface area contributed by atoms with Crippen LogP contribution in [0.4, 0.5) is 8.78 Å². The molecule has 0 N–H and O–H groups in total. The SMILES string of the molecule is C=C(C)C(F)(F)COc1ccc(C(C)C2CCCC3(CCC(C=O)(COCCCC)CC3)C2=O)cc1. The lowest BCUT2D eigenvalue weighted by molar-refractivity contribution is -0.144. The van der Waals surface area contributed by atoms with E-state index in [4.69, 9.17) is 9.47 Å². The molecule has 2 saturated carbocycles. The molecular formula is C30H42F2O4. The summed E-state index contributed by atoms with van der Waals surface area (Å²) >= 11 is 0. The van der Waals surface area contributed by atoms with Crippen LogP contribution in [0.25, 0.3) is 0 Å². The number of carbonyl (C=O) groups excluding carboxylic acids is 2. The summed E-state index contributed by atoms with van der Waals surface area (Å²) in [7, 11) is 0. The van der Waals surface area contributed by atoms with Crippen molar-refractivity contribution in [2.24, 2.45) is 16.7 Å². The third kappa shape index (κ3) is 6.42. The third-order valence-corrected chi connectivity index (χ3v) is 8.57. The molecule has 0 aliphatic heterocycles. The maximum atomic E-state index is 13.8. The zero-order valence-corrected chi connectivity index (χ0v) is 22.1. The van der Waals surface area contributed by atoms with E-state index in [0.717, 1.165) is 56.8 Å². The summed E-state index contributed by atoms with van der Waals surface area (Å²) < 4.78 is 38.6. The number of benzene rings is 1. The maximum absolute atomic E-state index is 13.8. The Morgan fingerprint density at radius 2 is 1.86 bits per heavy atom. The lowest BCUT2D eigenvalue weighted by Crippen LogP contribution is -2.47. The molecule has 2 aliphatic rings. The molecule has 2 fully saturated rings. The number of hydrogen-bond acceptors (Lipinski definition) is 4. The number of aldehydes is 1. The van der Waals surface area contributed by atoms with E-state index in [1.807, 2.05) is 12.1 Å². The highest BCUT2D eigenvalue weighted by Gasteiger charge is 2.51. The number of carbonyl (C=O) groups is 2. The molecule has 6 heteroatoms. The lowest BCUT2D eigenvalue weighted by Gasteiger charge is -2.47. The zero-order chi connectivity index (χ0) is 26.4. The van der Waals surface area contributed by atoms with Crippen molar-refractivity contribution in [2.75, 3.05) is 19.8 Å². The minimum atomic E-state index is -3.07. The van der Waals surface area contributed by atoms with Gasteiger partial charge < -0.3 is 14.3 Å². The van der Waals surface area contributed by atoms with Gasteiger partial charge in [-0.1, -0.05) is 45.4 Å². The van der Waals surface area contributed by atoms with E-state index in [9.17, 15) is 18.4 Å². The Labute approximate surface area is 214 Å². The van der Waals surface area contributed by atoms with Crippen molar-refractivity contribution >= 4 is 12.1 Å². The topological polar surface area (TPSA) is 52.6 Å². The summed E-state index contributed by atoms with van der Waals surface area (Å²) in [6.45, 7) is 9.18. The Bertz CT molecular complexity index is 900. The first-order valence-electron chi connectivity index (χ1n) is 13.4. The van der Waals surface area contributed by atoms with Gasteiger partial charge in [-0.25, -0.2) is 0 Å². The fourth-order valence-electron chi connectivity index (χ4n) is 5.72. The van der Waals surface area contributed by atoms with Crippen LogP contribution in [-0.4, -0.2) is 37.8 Å². The maximum Gasteiger partial charge on any atom is 0.302 e. The van der Waals surface area contributed by atoms with E-state index >= 15 is 0 Å². The molecule has 2 aliphatic carbocycles. The highest BCUT2D eigenvalue weighted by molar-refractivity contribution is 5.89. The molecule has 3 rings (SSSR count). The van der Waals surface area contributed by atoms with Crippen LogP contribution in [0, 0.1) is 16.7 Å². The smallest absolute Gasteiger partial charge is 0.302 e. The first-order chi connectivity index (χ1) is 17.1. The summed E-state index contributed by atoms with van der Waals surface area (Å²) in [5.41, 5.74) is -0.0276. The number of hydrogen-bond donors (Lipinski definition) is 0. The quantitative estimate of drug-likeness (QED) is 0.170. The summed E-state index contributed by atoms with van der Waals surface area (Å²) in [6.07, 6.45) is 8.76. The summed E-state index contributed by atoms with van der Waals surface area (Å²) in [5.74, 6) is -2.43. The normalized spacial score (nSPS) is 27.6. The van der Waals surface area contributed by atoms with Gasteiger partial charge in [-0.3, -0.25) is 4.79 Å². The minimum absolute atomic E-state index is 0.0238. The van der Waals surface area contributed by atoms with Crippen molar-refractivity contribution in [1.29, 1.82) is 0 Å². The van der Waals surface area contributed by atoms with Crippen LogP contribution < -0.4 is 4.74 Å². The molecule has 0 saturated heterocycles. The Hall–Kier alpha value is -2.08. The number of alkyl halides is 2. The number of ether oxygens (including phenoxy) is 2. The van der Waals surface area contributed by atoms with E-state index in [-0.39, 0.29) is 22.8 Å². The van der Waals surface area contributed by atoms with E-state index in [2.05, 4.69) is 20.4 Å². The van der Waals surface area contributed by atoms with E-state index < -0.39 is 17.9 Å². The van der Waals surface area contributed by atoms with Crippen LogP contribution in [0.5, 0.6) is 5.75 Å². The van der Waals surface area contributed by atoms with Gasteiger partial charge in [0.2, 0.25) is 0 Å². The molecule has 0 bridgehead atoms. The molecule has 2 atom stereocenters. The molecule has 0 amide bonds. The monoisotopic (exact) mass is 504 g/mol. The summed E-state index contributed by atoms with van der Waals surface area (Å²) in [4.78, 5) is 25.8. The predicted molar refractivity (Wildman–Crippen MR) is 138 cm³/mol. The molecule has 1 aromatic rings. The predicted octanol–water partition coefficient (Wildman–Crippen LogP) is 7.31. The van der Waals surface area contributed by atoms with Crippen LogP contribution in [0.15, 0.2) is 36.4 Å². The largest absolute Gasteiger partial charge is 0.487 e. The number of rotatable bonds is 12. The number of unbranched alkanes of at least 4 members (excludes halogenated alkanes) is 1. The van der Waals surface area contributed by atoms with Gasteiger partial charge in [0, 0.05) is 23.4 Å². The van der Waals surface area contributed by atoms with Crippen LogP contribution in [0.2, 0.25) is 0 Å². The minimum Gasteiger partial charge on any atom is -0.487 e. The van der Waals surface area contributed by atoms with Crippen molar-refractivity contribution in [3.8, 4) is 5.75 Å². The molecule has 36 heavy (non-hydrogen) atoms. The summed E-state index contributed by atoms with van der Waals surface area (Å²) in [6, 6.07) is 7.14. The van der Waals surface area contributed by atoms with Crippen molar-refractivity contribution in [3.05, 3.63) is 42.0 Å². The fraction of sp³-hybridized carbons (Fsp3) is 0.667. The molecular weight excluding hydrogens is 462 g/mol. The number of ketones is 1. The second kappa shape index (κ2) is 12.0. The first-order valence-corrected chi connectivity index (χ1v) is 13.4. The van der Waals surface area contributed by atoms with Gasteiger partial charge in [0.25, 0.3) is 0 Å². The van der Waals surface area contributed by atoms with Crippen LogP contribution in [-0.2, 0) is 14.3 Å². The van der Waals surface area contributed by atoms with Gasteiger partial charge in [0.1, 0.15) is 17.8 Å².